The number of hydrogen-bond donors (Lipinski definition) is 2. The maximum Gasteiger partial charge on any atom is 0.263 e. The Balaban J connectivity index is 1.41. The van der Waals surface area contributed by atoms with Gasteiger partial charge in [-0.15, -0.1) is 0 Å². The molecule has 1 fully saturated rings. The Morgan fingerprint density at radius 2 is 2.31 bits per heavy atom. The van der Waals surface area contributed by atoms with Gasteiger partial charge < -0.3 is 19.8 Å². The predicted molar refractivity (Wildman–Crippen MR) is 101 cm³/mol. The summed E-state index contributed by atoms with van der Waals surface area (Å²) in [6, 6.07) is 3.64. The highest BCUT2D eigenvalue weighted by Crippen LogP contribution is 2.31. The molecule has 2 aliphatic rings. The second-order valence-corrected chi connectivity index (χ2v) is 8.03. The number of aromatic nitrogens is 3. The summed E-state index contributed by atoms with van der Waals surface area (Å²) in [5, 5.41) is 7.20. The molecule has 2 atom stereocenters. The summed E-state index contributed by atoms with van der Waals surface area (Å²) in [7, 11) is 1.94. The van der Waals surface area contributed by atoms with Gasteiger partial charge in [-0.2, -0.15) is 0 Å². The number of amides is 1. The smallest absolute Gasteiger partial charge is 0.263 e. The van der Waals surface area contributed by atoms with Crippen molar-refractivity contribution in [2.45, 2.75) is 24.0 Å². The van der Waals surface area contributed by atoms with E-state index in [0.717, 1.165) is 30.4 Å². The van der Waals surface area contributed by atoms with Gasteiger partial charge in [0.15, 0.2) is 5.16 Å². The third kappa shape index (κ3) is 3.31. The highest BCUT2D eigenvalue weighted by atomic mass is 32.2. The predicted octanol–water partition coefficient (Wildman–Crippen LogP) is 0.811. The number of nitrogens with one attached hydrogen (secondary N) is 2. The maximum absolute atomic E-state index is 12.8. The van der Waals surface area contributed by atoms with E-state index in [9.17, 15) is 9.59 Å². The van der Waals surface area contributed by atoms with Crippen molar-refractivity contribution in [1.29, 1.82) is 0 Å². The first-order valence-corrected chi connectivity index (χ1v) is 9.95. The van der Waals surface area contributed by atoms with Crippen LogP contribution >= 0.6 is 11.8 Å². The molecule has 4 rings (SSSR count). The Morgan fingerprint density at radius 1 is 1.42 bits per heavy atom. The third-order valence-corrected chi connectivity index (χ3v) is 6.21. The van der Waals surface area contributed by atoms with Gasteiger partial charge in [0.1, 0.15) is 5.56 Å². The van der Waals surface area contributed by atoms with Crippen molar-refractivity contribution in [2.24, 2.45) is 13.0 Å². The molecule has 7 nitrogen and oxygen atoms in total. The molecule has 0 spiro atoms. The first-order valence-electron chi connectivity index (χ1n) is 8.96. The normalized spacial score (nSPS) is 21.3. The number of imidazole rings is 1. The number of fused-ring (bicyclic) bond motifs is 4. The Hall–Kier alpha value is -2.06. The number of thioether (sulfide) groups is 1. The van der Waals surface area contributed by atoms with Crippen molar-refractivity contribution in [2.75, 3.05) is 25.4 Å². The van der Waals surface area contributed by atoms with Crippen molar-refractivity contribution >= 4 is 17.7 Å². The largest absolute Gasteiger partial charge is 0.351 e. The minimum Gasteiger partial charge on any atom is -0.351 e. The van der Waals surface area contributed by atoms with Crippen molar-refractivity contribution < 1.29 is 4.79 Å². The third-order valence-electron chi connectivity index (χ3n) is 5.15. The van der Waals surface area contributed by atoms with Gasteiger partial charge in [-0.1, -0.05) is 11.8 Å². The molecular formula is C18H23N5O2S. The molecule has 0 aliphatic carbocycles. The van der Waals surface area contributed by atoms with Crippen LogP contribution < -0.4 is 16.2 Å². The van der Waals surface area contributed by atoms with E-state index in [2.05, 4.69) is 15.6 Å². The average molecular weight is 373 g/mol. The highest BCUT2D eigenvalue weighted by Gasteiger charge is 2.31. The molecule has 2 aromatic heterocycles. The summed E-state index contributed by atoms with van der Waals surface area (Å²) in [6.45, 7) is 3.05. The van der Waals surface area contributed by atoms with E-state index in [-0.39, 0.29) is 17.0 Å². The van der Waals surface area contributed by atoms with E-state index in [0.29, 0.717) is 30.7 Å². The second kappa shape index (κ2) is 7.28. The number of hydrogen-bond acceptors (Lipinski definition) is 5. The van der Waals surface area contributed by atoms with Crippen LogP contribution in [0.2, 0.25) is 0 Å². The molecule has 26 heavy (non-hydrogen) atoms. The summed E-state index contributed by atoms with van der Waals surface area (Å²) >= 11 is 1.58. The fourth-order valence-corrected chi connectivity index (χ4v) is 4.64. The van der Waals surface area contributed by atoms with E-state index < -0.39 is 0 Å². The van der Waals surface area contributed by atoms with Gasteiger partial charge in [0, 0.05) is 56.4 Å². The summed E-state index contributed by atoms with van der Waals surface area (Å²) in [4.78, 5) is 29.5. The van der Waals surface area contributed by atoms with Crippen molar-refractivity contribution in [3.63, 3.8) is 0 Å². The zero-order chi connectivity index (χ0) is 18.1. The molecule has 2 N–H and O–H groups in total. The molecule has 138 valence electrons. The van der Waals surface area contributed by atoms with Crippen LogP contribution in [0.1, 0.15) is 28.4 Å². The molecule has 2 aromatic rings. The van der Waals surface area contributed by atoms with Crippen LogP contribution in [0.25, 0.3) is 0 Å². The quantitative estimate of drug-likeness (QED) is 0.599. The van der Waals surface area contributed by atoms with E-state index in [1.807, 2.05) is 28.4 Å². The van der Waals surface area contributed by atoms with Gasteiger partial charge in [0.2, 0.25) is 0 Å². The standard InChI is InChI=1S/C18H23N5O2S/c1-22-6-4-21-18(22)26-7-5-20-16(24)14-2-3-15-13-8-12(9-19-10-13)11-23(15)17(14)25/h2-4,6,12-13,19H,5,7-11H2,1H3,(H,20,24)/t12-,13+/m0/s1. The lowest BCUT2D eigenvalue weighted by atomic mass is 9.84. The summed E-state index contributed by atoms with van der Waals surface area (Å²) in [5.74, 6) is 1.27. The molecule has 0 radical (unpaired) electrons. The van der Waals surface area contributed by atoms with Gasteiger partial charge in [0.05, 0.1) is 0 Å². The van der Waals surface area contributed by atoms with E-state index in [1.165, 1.54) is 0 Å². The molecule has 2 bridgehead atoms. The molecule has 4 heterocycles. The molecular weight excluding hydrogens is 350 g/mol. The number of piperidine rings is 1. The Kier molecular flexibility index (Phi) is 4.86. The highest BCUT2D eigenvalue weighted by molar-refractivity contribution is 7.99. The lowest BCUT2D eigenvalue weighted by molar-refractivity contribution is 0.0953. The van der Waals surface area contributed by atoms with Crippen molar-refractivity contribution in [3.05, 3.63) is 46.1 Å². The van der Waals surface area contributed by atoms with Gasteiger partial charge in [-0.05, 0) is 31.0 Å². The Labute approximate surface area is 156 Å². The summed E-state index contributed by atoms with van der Waals surface area (Å²) < 4.78 is 3.76. The van der Waals surface area contributed by atoms with Crippen molar-refractivity contribution in [3.8, 4) is 0 Å². The molecule has 2 aliphatic heterocycles. The SMILES string of the molecule is Cn1ccnc1SCCNC(=O)c1ccc2n(c1=O)C[C@@H]1CNC[C@H]2C1. The van der Waals surface area contributed by atoms with Crippen LogP contribution in [0.3, 0.4) is 0 Å². The Morgan fingerprint density at radius 3 is 3.12 bits per heavy atom. The maximum atomic E-state index is 12.8. The van der Waals surface area contributed by atoms with E-state index in [1.54, 1.807) is 24.0 Å². The fraction of sp³-hybridized carbons (Fsp3) is 0.500. The lowest BCUT2D eigenvalue weighted by Crippen LogP contribution is -2.46. The molecule has 1 saturated heterocycles. The first-order chi connectivity index (χ1) is 12.6. The molecule has 0 aromatic carbocycles. The van der Waals surface area contributed by atoms with Gasteiger partial charge in [-0.25, -0.2) is 4.98 Å². The first kappa shape index (κ1) is 17.4. The van der Waals surface area contributed by atoms with Crippen LogP contribution in [0.15, 0.2) is 34.5 Å². The number of rotatable bonds is 5. The number of carbonyl (C=O) groups excluding carboxylic acids is 1. The van der Waals surface area contributed by atoms with Gasteiger partial charge in [-0.3, -0.25) is 9.59 Å². The Bertz CT molecular complexity index is 875. The lowest BCUT2D eigenvalue weighted by Gasteiger charge is -2.37. The summed E-state index contributed by atoms with van der Waals surface area (Å²) in [6.07, 6.45) is 4.77. The van der Waals surface area contributed by atoms with Crippen LogP contribution in [0.4, 0.5) is 0 Å². The average Bonchev–Trinajstić information content (AvgIpc) is 3.05. The van der Waals surface area contributed by atoms with Crippen LogP contribution in [0, 0.1) is 5.92 Å². The minimum absolute atomic E-state index is 0.159. The van der Waals surface area contributed by atoms with Crippen LogP contribution in [0.5, 0.6) is 0 Å². The zero-order valence-corrected chi connectivity index (χ0v) is 15.6. The van der Waals surface area contributed by atoms with Crippen LogP contribution in [-0.4, -0.2) is 45.4 Å². The number of pyridine rings is 1. The van der Waals surface area contributed by atoms with Gasteiger partial charge in [0.25, 0.3) is 11.5 Å². The molecule has 0 saturated carbocycles. The van der Waals surface area contributed by atoms with E-state index in [4.69, 9.17) is 0 Å². The zero-order valence-electron chi connectivity index (χ0n) is 14.8. The number of nitrogens with zero attached hydrogens (tertiary/aromatic N) is 3. The van der Waals surface area contributed by atoms with Gasteiger partial charge >= 0.3 is 0 Å². The second-order valence-electron chi connectivity index (χ2n) is 6.97. The molecule has 0 unspecified atom stereocenters. The number of carbonyl (C=O) groups is 1. The topological polar surface area (TPSA) is 81.0 Å². The number of aryl methyl sites for hydroxylation is 1. The minimum atomic E-state index is -0.292. The molecule has 8 heteroatoms. The van der Waals surface area contributed by atoms with E-state index >= 15 is 0 Å². The summed E-state index contributed by atoms with van der Waals surface area (Å²) in [5.41, 5.74) is 1.14. The van der Waals surface area contributed by atoms with Crippen LogP contribution in [-0.2, 0) is 13.6 Å². The monoisotopic (exact) mass is 373 g/mol. The van der Waals surface area contributed by atoms with Crippen molar-refractivity contribution in [1.82, 2.24) is 24.8 Å². The molecule has 1 amide bonds. The fourth-order valence-electron chi connectivity index (χ4n) is 3.86.